The highest BCUT2D eigenvalue weighted by molar-refractivity contribution is 6.54. The number of halogens is 7. The fourth-order valence-corrected chi connectivity index (χ4v) is 7.66. The minimum absolute atomic E-state index is 0.128. The summed E-state index contributed by atoms with van der Waals surface area (Å²) in [5, 5.41) is -0.745. The van der Waals surface area contributed by atoms with Crippen LogP contribution in [0.1, 0.15) is 6.42 Å². The van der Waals surface area contributed by atoms with Gasteiger partial charge in [-0.3, -0.25) is 0 Å². The van der Waals surface area contributed by atoms with Crippen LogP contribution >= 0.6 is 81.2 Å². The van der Waals surface area contributed by atoms with Crippen LogP contribution in [0.25, 0.3) is 0 Å². The van der Waals surface area contributed by atoms with Crippen LogP contribution in [0.5, 0.6) is 0 Å². The summed E-state index contributed by atoms with van der Waals surface area (Å²) in [7, 11) is 0. The van der Waals surface area contributed by atoms with Crippen LogP contribution in [0.2, 0.25) is 0 Å². The molecular formula is C10H11Cl7. The maximum Gasteiger partial charge on any atom is 0.138 e. The molecule has 0 heterocycles. The van der Waals surface area contributed by atoms with E-state index < -0.39 is 20.5 Å². The Morgan fingerprint density at radius 1 is 0.941 bits per heavy atom. The van der Waals surface area contributed by atoms with Crippen LogP contribution in [0.3, 0.4) is 0 Å². The lowest BCUT2D eigenvalue weighted by molar-refractivity contribution is 0.170. The summed E-state index contributed by atoms with van der Waals surface area (Å²) in [6.07, 6.45) is 0.643. The summed E-state index contributed by atoms with van der Waals surface area (Å²) in [6.45, 7) is 0. The van der Waals surface area contributed by atoms with Gasteiger partial charge in [-0.25, -0.2) is 0 Å². The van der Waals surface area contributed by atoms with Gasteiger partial charge >= 0.3 is 0 Å². The van der Waals surface area contributed by atoms with Gasteiger partial charge in [0.15, 0.2) is 0 Å². The molecule has 0 aliphatic heterocycles. The van der Waals surface area contributed by atoms with Crippen molar-refractivity contribution in [3.63, 3.8) is 0 Å². The molecule has 0 aromatic rings. The van der Waals surface area contributed by atoms with E-state index in [4.69, 9.17) is 81.2 Å². The number of fused-ring (bicyclic) bond motifs is 2. The second kappa shape index (κ2) is 4.79. The van der Waals surface area contributed by atoms with Crippen molar-refractivity contribution in [2.45, 2.75) is 21.5 Å². The van der Waals surface area contributed by atoms with Gasteiger partial charge in [-0.05, 0) is 6.42 Å². The third-order valence-electron chi connectivity index (χ3n) is 4.55. The van der Waals surface area contributed by atoms with Crippen molar-refractivity contribution in [2.75, 3.05) is 17.6 Å². The molecule has 0 N–H and O–H groups in total. The lowest BCUT2D eigenvalue weighted by Gasteiger charge is -2.43. The van der Waals surface area contributed by atoms with E-state index in [2.05, 4.69) is 0 Å². The molecule has 2 aliphatic carbocycles. The molecule has 0 nitrogen and oxygen atoms in total. The zero-order valence-corrected chi connectivity index (χ0v) is 14.0. The minimum Gasteiger partial charge on any atom is -0.126 e. The maximum absolute atomic E-state index is 6.44. The van der Waals surface area contributed by atoms with Crippen molar-refractivity contribution in [1.29, 1.82) is 0 Å². The van der Waals surface area contributed by atoms with Crippen molar-refractivity contribution in [3.05, 3.63) is 0 Å². The van der Waals surface area contributed by atoms with Gasteiger partial charge in [-0.2, -0.15) is 0 Å². The predicted octanol–water partition coefficient (Wildman–Crippen LogP) is 5.10. The number of rotatable bonds is 3. The molecule has 2 rings (SSSR count). The first kappa shape index (κ1) is 15.4. The summed E-state index contributed by atoms with van der Waals surface area (Å²) in [4.78, 5) is 0. The van der Waals surface area contributed by atoms with Crippen LogP contribution in [0.15, 0.2) is 0 Å². The summed E-state index contributed by atoms with van der Waals surface area (Å²) >= 11 is 44.1. The standard InChI is InChI=1S/C10H11Cl7/c11-2-8(3-12)5-1-6(14)9(8,4-13)7(15)10(5,16)17/h5-7H,1-4H2. The van der Waals surface area contributed by atoms with E-state index in [9.17, 15) is 0 Å². The third-order valence-corrected chi connectivity index (χ3v) is 8.43. The quantitative estimate of drug-likeness (QED) is 0.599. The molecule has 17 heavy (non-hydrogen) atoms. The van der Waals surface area contributed by atoms with Gasteiger partial charge in [0, 0.05) is 39.8 Å². The third kappa shape index (κ3) is 1.59. The molecule has 2 saturated carbocycles. The van der Waals surface area contributed by atoms with Crippen LogP contribution in [0, 0.1) is 16.7 Å². The normalized spacial score (nSPS) is 46.4. The van der Waals surface area contributed by atoms with Gasteiger partial charge in [-0.1, -0.05) is 23.2 Å². The Morgan fingerprint density at radius 2 is 1.47 bits per heavy atom. The highest BCUT2D eigenvalue weighted by Gasteiger charge is 2.79. The van der Waals surface area contributed by atoms with Gasteiger partial charge in [0.25, 0.3) is 0 Å². The van der Waals surface area contributed by atoms with E-state index in [1.54, 1.807) is 0 Å². The zero-order valence-electron chi connectivity index (χ0n) is 8.71. The summed E-state index contributed by atoms with van der Waals surface area (Å²) in [5.41, 5.74) is -1.12. The van der Waals surface area contributed by atoms with Crippen molar-refractivity contribution < 1.29 is 0 Å². The zero-order chi connectivity index (χ0) is 13.1. The SMILES string of the molecule is ClCC1(CCl)C2CC(Cl)C1(CCl)C(Cl)C2(Cl)Cl. The molecule has 0 aromatic heterocycles. The average molecular weight is 379 g/mol. The molecule has 0 spiro atoms. The Labute approximate surface area is 136 Å². The molecule has 100 valence electrons. The van der Waals surface area contributed by atoms with Crippen molar-refractivity contribution in [3.8, 4) is 0 Å². The fraction of sp³-hybridized carbons (Fsp3) is 1.00. The number of alkyl halides is 7. The van der Waals surface area contributed by atoms with E-state index >= 15 is 0 Å². The molecule has 7 heteroatoms. The Bertz CT molecular complexity index is 314. The average Bonchev–Trinajstić information content (AvgIpc) is 2.64. The second-order valence-corrected chi connectivity index (χ2v) is 8.10. The molecule has 4 unspecified atom stereocenters. The maximum atomic E-state index is 6.44. The first-order valence-electron chi connectivity index (χ1n) is 5.19. The first-order valence-corrected chi connectivity index (χ1v) is 8.42. The first-order chi connectivity index (χ1) is 7.85. The van der Waals surface area contributed by atoms with Crippen LogP contribution in [0.4, 0.5) is 0 Å². The summed E-state index contributed by atoms with van der Waals surface area (Å²) < 4.78 is -1.08. The second-order valence-electron chi connectivity index (χ2n) is 4.89. The topological polar surface area (TPSA) is 0 Å². The minimum atomic E-state index is -1.08. The molecule has 0 amide bonds. The molecule has 2 bridgehead atoms. The smallest absolute Gasteiger partial charge is 0.126 e. The Kier molecular flexibility index (Phi) is 4.35. The van der Waals surface area contributed by atoms with Crippen molar-refractivity contribution in [2.24, 2.45) is 16.7 Å². The number of hydrogen-bond acceptors (Lipinski definition) is 0. The molecule has 4 atom stereocenters. The van der Waals surface area contributed by atoms with E-state index in [0.717, 1.165) is 0 Å². The Hall–Kier alpha value is 2.03. The van der Waals surface area contributed by atoms with E-state index in [1.807, 2.05) is 0 Å². The molecule has 0 radical (unpaired) electrons. The van der Waals surface area contributed by atoms with Crippen molar-refractivity contribution in [1.82, 2.24) is 0 Å². The van der Waals surface area contributed by atoms with Gasteiger partial charge in [-0.15, -0.1) is 58.0 Å². The monoisotopic (exact) mass is 376 g/mol. The summed E-state index contributed by atoms with van der Waals surface area (Å²) in [6, 6.07) is 0. The number of hydrogen-bond donors (Lipinski definition) is 0. The highest BCUT2D eigenvalue weighted by Crippen LogP contribution is 2.75. The predicted molar refractivity (Wildman–Crippen MR) is 78.9 cm³/mol. The van der Waals surface area contributed by atoms with E-state index in [0.29, 0.717) is 18.2 Å². The van der Waals surface area contributed by atoms with Crippen molar-refractivity contribution >= 4 is 81.2 Å². The molecular weight excluding hydrogens is 368 g/mol. The van der Waals surface area contributed by atoms with Gasteiger partial charge in [0.2, 0.25) is 0 Å². The van der Waals surface area contributed by atoms with E-state index in [1.165, 1.54) is 0 Å². The van der Waals surface area contributed by atoms with Crippen LogP contribution < -0.4 is 0 Å². The van der Waals surface area contributed by atoms with Gasteiger partial charge < -0.3 is 0 Å². The highest BCUT2D eigenvalue weighted by atomic mass is 35.5. The van der Waals surface area contributed by atoms with Gasteiger partial charge in [0.05, 0.1) is 5.38 Å². The Morgan fingerprint density at radius 3 is 1.82 bits per heavy atom. The lowest BCUT2D eigenvalue weighted by atomic mass is 9.70. The van der Waals surface area contributed by atoms with Crippen LogP contribution in [-0.4, -0.2) is 32.7 Å². The fourth-order valence-electron chi connectivity index (χ4n) is 3.49. The van der Waals surface area contributed by atoms with Gasteiger partial charge in [0.1, 0.15) is 4.33 Å². The molecule has 2 fully saturated rings. The van der Waals surface area contributed by atoms with E-state index in [-0.39, 0.29) is 17.2 Å². The molecule has 0 saturated heterocycles. The Balaban J connectivity index is 2.62. The van der Waals surface area contributed by atoms with Crippen LogP contribution in [-0.2, 0) is 0 Å². The largest absolute Gasteiger partial charge is 0.138 e. The lowest BCUT2D eigenvalue weighted by Crippen LogP contribution is -2.51. The summed E-state index contributed by atoms with van der Waals surface area (Å²) in [5.74, 6) is 0.743. The molecule has 2 aliphatic rings. The molecule has 0 aromatic carbocycles.